The van der Waals surface area contributed by atoms with Crippen LogP contribution in [0.3, 0.4) is 0 Å². The van der Waals surface area contributed by atoms with Crippen molar-refractivity contribution in [2.45, 2.75) is 38.1 Å². The van der Waals surface area contributed by atoms with E-state index in [0.717, 1.165) is 19.3 Å². The van der Waals surface area contributed by atoms with Gasteiger partial charge in [0.1, 0.15) is 12.4 Å². The largest absolute Gasteiger partial charge is 0.492 e. The first kappa shape index (κ1) is 19.2. The van der Waals surface area contributed by atoms with Crippen LogP contribution in [0, 0.1) is 0 Å². The molecule has 2 rings (SSSR count). The molecule has 0 aliphatic carbocycles. The third-order valence-corrected chi connectivity index (χ3v) is 4.07. The van der Waals surface area contributed by atoms with Crippen LogP contribution in [0.15, 0.2) is 54.6 Å². The lowest BCUT2D eigenvalue weighted by molar-refractivity contribution is 0.0979. The van der Waals surface area contributed by atoms with Gasteiger partial charge in [-0.25, -0.2) is 0 Å². The van der Waals surface area contributed by atoms with E-state index in [4.69, 9.17) is 15.6 Å². The SMILES string of the molecule is CC(N)(CO)COc1ccc(C(=O)CCCCc2ccccc2)cc1. The number of aliphatic hydroxyl groups excluding tert-OH is 1. The summed E-state index contributed by atoms with van der Waals surface area (Å²) in [6.45, 7) is 1.79. The molecule has 2 aromatic rings. The van der Waals surface area contributed by atoms with Gasteiger partial charge in [0.15, 0.2) is 5.78 Å². The van der Waals surface area contributed by atoms with Gasteiger partial charge in [0, 0.05) is 12.0 Å². The van der Waals surface area contributed by atoms with E-state index in [1.165, 1.54) is 5.56 Å². The number of hydrogen-bond acceptors (Lipinski definition) is 4. The van der Waals surface area contributed by atoms with Gasteiger partial charge in [0.2, 0.25) is 0 Å². The van der Waals surface area contributed by atoms with Crippen molar-refractivity contribution < 1.29 is 14.6 Å². The predicted molar refractivity (Wildman–Crippen MR) is 99.9 cm³/mol. The monoisotopic (exact) mass is 341 g/mol. The normalized spacial score (nSPS) is 13.2. The number of benzene rings is 2. The maximum Gasteiger partial charge on any atom is 0.162 e. The summed E-state index contributed by atoms with van der Waals surface area (Å²) in [5, 5.41) is 9.11. The van der Waals surface area contributed by atoms with Gasteiger partial charge in [-0.1, -0.05) is 30.3 Å². The zero-order valence-electron chi connectivity index (χ0n) is 14.8. The summed E-state index contributed by atoms with van der Waals surface area (Å²) in [5.41, 5.74) is 7.06. The lowest BCUT2D eigenvalue weighted by atomic mass is 10.0. The molecule has 0 aromatic heterocycles. The molecule has 1 atom stereocenters. The van der Waals surface area contributed by atoms with Gasteiger partial charge in [-0.2, -0.15) is 0 Å². The number of rotatable bonds is 10. The van der Waals surface area contributed by atoms with Gasteiger partial charge < -0.3 is 15.6 Å². The number of aliphatic hydroxyl groups is 1. The number of unbranched alkanes of at least 4 members (excludes halogenated alkanes) is 1. The summed E-state index contributed by atoms with van der Waals surface area (Å²) in [6, 6.07) is 17.4. The van der Waals surface area contributed by atoms with Crippen LogP contribution in [0.5, 0.6) is 5.75 Å². The van der Waals surface area contributed by atoms with E-state index >= 15 is 0 Å². The molecule has 3 N–H and O–H groups in total. The van der Waals surface area contributed by atoms with Crippen molar-refractivity contribution in [1.29, 1.82) is 0 Å². The topological polar surface area (TPSA) is 72.6 Å². The molecule has 0 saturated heterocycles. The number of nitrogens with two attached hydrogens (primary N) is 1. The van der Waals surface area contributed by atoms with Crippen LogP contribution >= 0.6 is 0 Å². The van der Waals surface area contributed by atoms with Crippen molar-refractivity contribution in [3.05, 3.63) is 65.7 Å². The fraction of sp³-hybridized carbons (Fsp3) is 0.381. The number of carbonyl (C=O) groups is 1. The molecule has 0 aliphatic heterocycles. The summed E-state index contributed by atoms with van der Waals surface area (Å²) in [4.78, 5) is 12.2. The Hall–Kier alpha value is -2.17. The van der Waals surface area contributed by atoms with Crippen molar-refractivity contribution >= 4 is 5.78 Å². The number of ketones is 1. The van der Waals surface area contributed by atoms with E-state index in [1.54, 1.807) is 31.2 Å². The molecule has 0 fully saturated rings. The van der Waals surface area contributed by atoms with E-state index in [0.29, 0.717) is 17.7 Å². The van der Waals surface area contributed by atoms with Gasteiger partial charge in [-0.05, 0) is 56.0 Å². The van der Waals surface area contributed by atoms with Crippen LogP contribution in [-0.4, -0.2) is 29.6 Å². The summed E-state index contributed by atoms with van der Waals surface area (Å²) < 4.78 is 5.55. The molecule has 0 bridgehead atoms. The van der Waals surface area contributed by atoms with E-state index < -0.39 is 5.54 Å². The molecular formula is C21H27NO3. The quantitative estimate of drug-likeness (QED) is 0.513. The highest BCUT2D eigenvalue weighted by Gasteiger charge is 2.18. The number of Topliss-reactive ketones (excluding diaryl/α,β-unsaturated/α-hetero) is 1. The third kappa shape index (κ3) is 6.69. The summed E-state index contributed by atoms with van der Waals surface area (Å²) in [6.07, 6.45) is 3.45. The molecule has 134 valence electrons. The van der Waals surface area contributed by atoms with Crippen LogP contribution in [0.1, 0.15) is 42.1 Å². The maximum absolute atomic E-state index is 12.2. The maximum atomic E-state index is 12.2. The zero-order valence-corrected chi connectivity index (χ0v) is 14.8. The van der Waals surface area contributed by atoms with Gasteiger partial charge in [-0.3, -0.25) is 4.79 Å². The zero-order chi connectivity index (χ0) is 18.1. The first-order valence-electron chi connectivity index (χ1n) is 8.70. The average Bonchev–Trinajstić information content (AvgIpc) is 2.65. The Labute approximate surface area is 149 Å². The minimum absolute atomic E-state index is 0.146. The van der Waals surface area contributed by atoms with Crippen LogP contribution in [0.25, 0.3) is 0 Å². The fourth-order valence-corrected chi connectivity index (χ4v) is 2.43. The fourth-order valence-electron chi connectivity index (χ4n) is 2.43. The Bertz CT molecular complexity index is 651. The average molecular weight is 341 g/mol. The standard InChI is InChI=1S/C21H27NO3/c1-21(22,15-23)16-25-19-13-11-18(12-14-19)20(24)10-6-5-9-17-7-3-2-4-8-17/h2-4,7-8,11-14,23H,5-6,9-10,15-16,22H2,1H3. The Morgan fingerprint density at radius 3 is 2.40 bits per heavy atom. The van der Waals surface area contributed by atoms with Crippen molar-refractivity contribution in [1.82, 2.24) is 0 Å². The summed E-state index contributed by atoms with van der Waals surface area (Å²) in [5.74, 6) is 0.796. The van der Waals surface area contributed by atoms with E-state index in [-0.39, 0.29) is 19.0 Å². The first-order valence-corrected chi connectivity index (χ1v) is 8.70. The second-order valence-electron chi connectivity index (χ2n) is 6.74. The summed E-state index contributed by atoms with van der Waals surface area (Å²) >= 11 is 0. The van der Waals surface area contributed by atoms with Gasteiger partial charge in [0.25, 0.3) is 0 Å². The lowest BCUT2D eigenvalue weighted by Crippen LogP contribution is -2.45. The lowest BCUT2D eigenvalue weighted by Gasteiger charge is -2.21. The van der Waals surface area contributed by atoms with Crippen LogP contribution in [0.4, 0.5) is 0 Å². The van der Waals surface area contributed by atoms with E-state index in [9.17, 15) is 4.79 Å². The highest BCUT2D eigenvalue weighted by Crippen LogP contribution is 2.16. The summed E-state index contributed by atoms with van der Waals surface area (Å²) in [7, 11) is 0. The highest BCUT2D eigenvalue weighted by molar-refractivity contribution is 5.96. The predicted octanol–water partition coefficient (Wildman–Crippen LogP) is 3.37. The Morgan fingerprint density at radius 2 is 1.76 bits per heavy atom. The second kappa shape index (κ2) is 9.35. The van der Waals surface area contributed by atoms with Gasteiger partial charge >= 0.3 is 0 Å². The molecule has 0 spiro atoms. The Balaban J connectivity index is 1.74. The molecule has 4 nitrogen and oxygen atoms in total. The molecule has 2 aromatic carbocycles. The van der Waals surface area contributed by atoms with Crippen LogP contribution < -0.4 is 10.5 Å². The van der Waals surface area contributed by atoms with Crippen LogP contribution in [0.2, 0.25) is 0 Å². The minimum Gasteiger partial charge on any atom is -0.492 e. The van der Waals surface area contributed by atoms with Crippen molar-refractivity contribution in [2.24, 2.45) is 5.73 Å². The molecule has 0 amide bonds. The molecule has 0 aliphatic rings. The highest BCUT2D eigenvalue weighted by atomic mass is 16.5. The van der Waals surface area contributed by atoms with E-state index in [2.05, 4.69) is 12.1 Å². The van der Waals surface area contributed by atoms with Crippen molar-refractivity contribution in [3.8, 4) is 5.75 Å². The Kier molecular flexibility index (Phi) is 7.16. The smallest absolute Gasteiger partial charge is 0.162 e. The molecule has 0 heterocycles. The van der Waals surface area contributed by atoms with Crippen molar-refractivity contribution in [3.63, 3.8) is 0 Å². The third-order valence-electron chi connectivity index (χ3n) is 4.07. The molecule has 25 heavy (non-hydrogen) atoms. The van der Waals surface area contributed by atoms with Gasteiger partial charge in [0.05, 0.1) is 12.1 Å². The number of ether oxygens (including phenoxy) is 1. The number of aryl methyl sites for hydroxylation is 1. The van der Waals surface area contributed by atoms with E-state index in [1.807, 2.05) is 18.2 Å². The number of hydrogen-bond donors (Lipinski definition) is 2. The van der Waals surface area contributed by atoms with Gasteiger partial charge in [-0.15, -0.1) is 0 Å². The molecular weight excluding hydrogens is 314 g/mol. The molecule has 0 radical (unpaired) electrons. The minimum atomic E-state index is -0.771. The van der Waals surface area contributed by atoms with Crippen LogP contribution in [-0.2, 0) is 6.42 Å². The second-order valence-corrected chi connectivity index (χ2v) is 6.74. The molecule has 0 saturated carbocycles. The van der Waals surface area contributed by atoms with Crippen molar-refractivity contribution in [2.75, 3.05) is 13.2 Å². The molecule has 1 unspecified atom stereocenters. The molecule has 4 heteroatoms. The Morgan fingerprint density at radius 1 is 1.08 bits per heavy atom. The first-order chi connectivity index (χ1) is 12.0. The number of carbonyl (C=O) groups excluding carboxylic acids is 1.